The maximum atomic E-state index is 14.1. The number of rotatable bonds is 10. The normalized spacial score (nSPS) is 16.7. The van der Waals surface area contributed by atoms with Gasteiger partial charge in [-0.2, -0.15) is 13.2 Å². The number of aliphatic hydroxyl groups is 1. The van der Waals surface area contributed by atoms with Gasteiger partial charge in [0.15, 0.2) is 0 Å². The Kier molecular flexibility index (Phi) is 10.3. The highest BCUT2D eigenvalue weighted by Crippen LogP contribution is 2.42. The average Bonchev–Trinajstić information content (AvgIpc) is 2.91. The van der Waals surface area contributed by atoms with Gasteiger partial charge in [0.2, 0.25) is 0 Å². The number of methoxy groups -OCH3 is 1. The lowest BCUT2D eigenvalue weighted by molar-refractivity contribution is -0.262. The summed E-state index contributed by atoms with van der Waals surface area (Å²) in [6.45, 7) is 2.78. The summed E-state index contributed by atoms with van der Waals surface area (Å²) in [6, 6.07) is 9.82. The molecule has 2 aromatic rings. The van der Waals surface area contributed by atoms with Crippen LogP contribution in [0.5, 0.6) is 11.5 Å². The van der Waals surface area contributed by atoms with Gasteiger partial charge >= 0.3 is 6.18 Å². The molecule has 1 fully saturated rings. The first-order chi connectivity index (χ1) is 18.8. The van der Waals surface area contributed by atoms with E-state index in [0.29, 0.717) is 35.8 Å². The molecule has 3 rings (SSSR count). The summed E-state index contributed by atoms with van der Waals surface area (Å²) < 4.78 is 53.0. The van der Waals surface area contributed by atoms with Crippen LogP contribution in [0.3, 0.4) is 0 Å². The number of nitrogens with zero attached hydrogens (tertiary/aromatic N) is 2. The summed E-state index contributed by atoms with van der Waals surface area (Å²) in [5, 5.41) is 11.0. The Bertz CT molecular complexity index is 1180. The number of benzene rings is 2. The molecule has 2 atom stereocenters. The topological polar surface area (TPSA) is 79.3 Å². The molecular weight excluding hydrogens is 549 g/mol. The highest BCUT2D eigenvalue weighted by Gasteiger charge is 2.62. The summed E-state index contributed by atoms with van der Waals surface area (Å²) in [7, 11) is 4.60. The molecule has 7 nitrogen and oxygen atoms in total. The maximum absolute atomic E-state index is 14.1. The minimum absolute atomic E-state index is 0.115. The minimum atomic E-state index is -5.20. The van der Waals surface area contributed by atoms with Crippen molar-refractivity contribution in [2.24, 2.45) is 11.8 Å². The van der Waals surface area contributed by atoms with Crippen LogP contribution in [-0.2, 0) is 10.4 Å². The molecule has 0 spiro atoms. The van der Waals surface area contributed by atoms with E-state index in [4.69, 9.17) is 21.1 Å². The zero-order valence-electron chi connectivity index (χ0n) is 23.1. The molecule has 0 aliphatic carbocycles. The lowest BCUT2D eigenvalue weighted by atomic mass is 9.85. The van der Waals surface area contributed by atoms with Crippen LogP contribution < -0.4 is 9.47 Å². The SMILES string of the molecule is COc1cccc(C(O)(C(=O)N2CCC(C[C@@H](C)CCOc3ccc(C(=O)N(C)C)c(Cl)c3)CC2)C(F)(F)F)c1. The van der Waals surface area contributed by atoms with Crippen molar-refractivity contribution in [1.29, 1.82) is 0 Å². The molecule has 0 saturated carbocycles. The predicted octanol–water partition coefficient (Wildman–Crippen LogP) is 5.53. The Morgan fingerprint density at radius 1 is 1.12 bits per heavy atom. The third-order valence-corrected chi connectivity index (χ3v) is 7.61. The van der Waals surface area contributed by atoms with Crippen molar-refractivity contribution in [3.8, 4) is 11.5 Å². The van der Waals surface area contributed by atoms with E-state index in [-0.39, 0.29) is 36.6 Å². The standard InChI is InChI=1S/C29H36ClF3N2O5/c1-19(12-15-40-23-8-9-24(25(30)18-23)26(36)34(2)3)16-20-10-13-35(14-11-20)27(37)28(38,29(31,32)33)21-6-5-7-22(17-21)39-4/h5-9,17-20,38H,10-16H2,1-4H3/t19-,28?/m0/s1. The minimum Gasteiger partial charge on any atom is -0.497 e. The van der Waals surface area contributed by atoms with Gasteiger partial charge in [0.1, 0.15) is 11.5 Å². The lowest BCUT2D eigenvalue weighted by Gasteiger charge is -2.39. The predicted molar refractivity (Wildman–Crippen MR) is 146 cm³/mol. The van der Waals surface area contributed by atoms with Crippen LogP contribution in [-0.4, -0.2) is 73.8 Å². The number of likely N-dealkylation sites (tertiary alicyclic amines) is 1. The van der Waals surface area contributed by atoms with Crippen LogP contribution in [0.1, 0.15) is 48.5 Å². The van der Waals surface area contributed by atoms with Gasteiger partial charge in [0, 0.05) is 32.7 Å². The molecule has 2 amide bonds. The van der Waals surface area contributed by atoms with Crippen LogP contribution in [0.15, 0.2) is 42.5 Å². The van der Waals surface area contributed by atoms with Crippen molar-refractivity contribution in [2.75, 3.05) is 40.9 Å². The molecule has 2 aromatic carbocycles. The zero-order chi connectivity index (χ0) is 29.7. The number of halogens is 4. The maximum Gasteiger partial charge on any atom is 0.430 e. The highest BCUT2D eigenvalue weighted by molar-refractivity contribution is 6.34. The summed E-state index contributed by atoms with van der Waals surface area (Å²) in [4.78, 5) is 27.7. The van der Waals surface area contributed by atoms with E-state index in [1.165, 1.54) is 24.1 Å². The molecule has 0 radical (unpaired) electrons. The average molecular weight is 585 g/mol. The van der Waals surface area contributed by atoms with Gasteiger partial charge in [-0.1, -0.05) is 30.7 Å². The van der Waals surface area contributed by atoms with Crippen LogP contribution in [0.25, 0.3) is 0 Å². The molecule has 1 heterocycles. The molecule has 1 saturated heterocycles. The van der Waals surface area contributed by atoms with Crippen molar-refractivity contribution >= 4 is 23.4 Å². The lowest BCUT2D eigenvalue weighted by Crippen LogP contribution is -2.57. The molecule has 40 heavy (non-hydrogen) atoms. The first-order valence-electron chi connectivity index (χ1n) is 13.1. The third kappa shape index (κ3) is 7.20. The largest absolute Gasteiger partial charge is 0.497 e. The number of alkyl halides is 3. The van der Waals surface area contributed by atoms with E-state index < -0.39 is 23.2 Å². The third-order valence-electron chi connectivity index (χ3n) is 7.30. The molecule has 1 unspecified atom stereocenters. The summed E-state index contributed by atoms with van der Waals surface area (Å²) in [5.41, 5.74) is -3.82. The molecule has 1 N–H and O–H groups in total. The van der Waals surface area contributed by atoms with Crippen molar-refractivity contribution in [1.82, 2.24) is 9.80 Å². The van der Waals surface area contributed by atoms with Crippen molar-refractivity contribution in [2.45, 2.75) is 44.4 Å². The Labute approximate surface area is 237 Å². The highest BCUT2D eigenvalue weighted by atomic mass is 35.5. The number of carbonyl (C=O) groups is 2. The van der Waals surface area contributed by atoms with Crippen LogP contribution in [0.4, 0.5) is 13.2 Å². The monoisotopic (exact) mass is 584 g/mol. The van der Waals surface area contributed by atoms with E-state index in [1.54, 1.807) is 32.3 Å². The quantitative estimate of drug-likeness (QED) is 0.397. The molecule has 1 aliphatic heterocycles. The summed E-state index contributed by atoms with van der Waals surface area (Å²) >= 11 is 6.23. The Morgan fingerprint density at radius 3 is 2.38 bits per heavy atom. The second-order valence-corrected chi connectivity index (χ2v) is 10.9. The second kappa shape index (κ2) is 13.1. The zero-order valence-corrected chi connectivity index (χ0v) is 23.9. The number of amides is 2. The van der Waals surface area contributed by atoms with Gasteiger partial charge < -0.3 is 24.4 Å². The number of ether oxygens (including phenoxy) is 2. The first kappa shape index (κ1) is 31.5. The van der Waals surface area contributed by atoms with E-state index in [2.05, 4.69) is 6.92 Å². The number of carbonyl (C=O) groups excluding carboxylic acids is 2. The van der Waals surface area contributed by atoms with Gasteiger partial charge in [-0.15, -0.1) is 0 Å². The Hall–Kier alpha value is -2.98. The van der Waals surface area contributed by atoms with E-state index in [0.717, 1.165) is 29.9 Å². The van der Waals surface area contributed by atoms with Crippen LogP contribution in [0.2, 0.25) is 5.02 Å². The summed E-state index contributed by atoms with van der Waals surface area (Å²) in [5.74, 6) is -0.370. The first-order valence-corrected chi connectivity index (χ1v) is 13.5. The van der Waals surface area contributed by atoms with Crippen molar-refractivity contribution in [3.63, 3.8) is 0 Å². The molecular formula is C29H36ClF3N2O5. The molecule has 0 bridgehead atoms. The Balaban J connectivity index is 1.51. The van der Waals surface area contributed by atoms with Gasteiger partial charge in [-0.3, -0.25) is 9.59 Å². The Morgan fingerprint density at radius 2 is 1.80 bits per heavy atom. The van der Waals surface area contributed by atoms with Gasteiger partial charge in [-0.25, -0.2) is 0 Å². The number of hydrogen-bond donors (Lipinski definition) is 1. The van der Waals surface area contributed by atoms with Gasteiger partial charge in [0.05, 0.1) is 24.3 Å². The van der Waals surface area contributed by atoms with Crippen molar-refractivity contribution in [3.05, 3.63) is 58.6 Å². The number of piperidine rings is 1. The number of hydrogen-bond acceptors (Lipinski definition) is 5. The summed E-state index contributed by atoms with van der Waals surface area (Å²) in [6.07, 6.45) is -2.53. The van der Waals surface area contributed by atoms with Gasteiger partial charge in [-0.05, 0) is 67.9 Å². The van der Waals surface area contributed by atoms with E-state index >= 15 is 0 Å². The van der Waals surface area contributed by atoms with E-state index in [1.807, 2.05) is 0 Å². The van der Waals surface area contributed by atoms with Crippen LogP contribution >= 0.6 is 11.6 Å². The second-order valence-electron chi connectivity index (χ2n) is 10.5. The fourth-order valence-corrected chi connectivity index (χ4v) is 5.17. The fraction of sp³-hybridized carbons (Fsp3) is 0.517. The van der Waals surface area contributed by atoms with Gasteiger partial charge in [0.25, 0.3) is 17.4 Å². The molecule has 11 heteroatoms. The fourth-order valence-electron chi connectivity index (χ4n) is 4.92. The van der Waals surface area contributed by atoms with E-state index in [9.17, 15) is 27.9 Å². The smallest absolute Gasteiger partial charge is 0.430 e. The molecule has 1 aliphatic rings. The van der Waals surface area contributed by atoms with Crippen LogP contribution in [0, 0.1) is 11.8 Å². The molecule has 0 aromatic heterocycles. The van der Waals surface area contributed by atoms with Crippen molar-refractivity contribution < 1.29 is 37.3 Å². The molecule has 220 valence electrons.